The second-order valence-corrected chi connectivity index (χ2v) is 10.4. The molecule has 4 aromatic rings. The smallest absolute Gasteiger partial charge is 0.247 e. The lowest BCUT2D eigenvalue weighted by Crippen LogP contribution is -2.11. The number of aromatic amines is 1. The second kappa shape index (κ2) is 7.67. The molecule has 0 saturated heterocycles. The molecule has 0 spiro atoms. The molecule has 2 aromatic heterocycles. The van der Waals surface area contributed by atoms with Gasteiger partial charge in [-0.05, 0) is 36.4 Å². The topological polar surface area (TPSA) is 136 Å². The van der Waals surface area contributed by atoms with Crippen LogP contribution >= 0.6 is 11.6 Å². The Hall–Kier alpha value is -3.02. The molecule has 4 rings (SSSR count). The van der Waals surface area contributed by atoms with Gasteiger partial charge in [-0.3, -0.25) is 5.10 Å². The van der Waals surface area contributed by atoms with Gasteiger partial charge in [-0.25, -0.2) is 16.8 Å². The van der Waals surface area contributed by atoms with E-state index in [1.165, 1.54) is 24.3 Å². The molecule has 1 N–H and O–H groups in total. The fraction of sp³-hybridized carbons (Fsp3) is 0.0556. The van der Waals surface area contributed by atoms with Gasteiger partial charge in [0.25, 0.3) is 0 Å². The number of benzene rings is 2. The van der Waals surface area contributed by atoms with Gasteiger partial charge in [-0.2, -0.15) is 5.10 Å². The van der Waals surface area contributed by atoms with Gasteiger partial charge in [0, 0.05) is 10.6 Å². The van der Waals surface area contributed by atoms with E-state index >= 15 is 0 Å². The molecule has 0 aliphatic rings. The van der Waals surface area contributed by atoms with E-state index in [2.05, 4.69) is 20.4 Å². The third-order valence-corrected chi connectivity index (χ3v) is 7.83. The van der Waals surface area contributed by atoms with Crippen LogP contribution in [0.4, 0.5) is 0 Å². The second-order valence-electron chi connectivity index (χ2n) is 6.15. The van der Waals surface area contributed by atoms with Crippen LogP contribution in [0.25, 0.3) is 11.5 Å². The maximum Gasteiger partial charge on any atom is 0.247 e. The molecule has 2 aromatic carbocycles. The van der Waals surface area contributed by atoms with Gasteiger partial charge in [-0.15, -0.1) is 10.2 Å². The normalized spacial score (nSPS) is 12.2. The zero-order valence-corrected chi connectivity index (χ0v) is 17.4. The summed E-state index contributed by atoms with van der Waals surface area (Å²) in [5.74, 6) is -0.768. The quantitative estimate of drug-likeness (QED) is 0.460. The van der Waals surface area contributed by atoms with Crippen molar-refractivity contribution in [3.8, 4) is 11.5 Å². The Morgan fingerprint density at radius 3 is 2.33 bits per heavy atom. The summed E-state index contributed by atoms with van der Waals surface area (Å²) >= 11 is 5.84. The molecule has 0 atom stereocenters. The van der Waals surface area contributed by atoms with E-state index in [0.29, 0.717) is 10.6 Å². The van der Waals surface area contributed by atoms with Crippen molar-refractivity contribution in [1.29, 1.82) is 0 Å². The van der Waals surface area contributed by atoms with Gasteiger partial charge in [0.2, 0.25) is 21.6 Å². The van der Waals surface area contributed by atoms with Gasteiger partial charge >= 0.3 is 0 Å². The van der Waals surface area contributed by atoms with Crippen molar-refractivity contribution in [2.75, 3.05) is 0 Å². The van der Waals surface area contributed by atoms with Crippen molar-refractivity contribution in [3.05, 3.63) is 71.7 Å². The van der Waals surface area contributed by atoms with E-state index in [1.807, 2.05) is 0 Å². The minimum atomic E-state index is -4.16. The Kier molecular flexibility index (Phi) is 5.18. The molecule has 12 heteroatoms. The number of hydrogen-bond acceptors (Lipinski definition) is 8. The van der Waals surface area contributed by atoms with Crippen molar-refractivity contribution >= 4 is 31.3 Å². The molecule has 154 valence electrons. The summed E-state index contributed by atoms with van der Waals surface area (Å²) in [5, 5.41) is 13.5. The first-order valence-electron chi connectivity index (χ1n) is 8.42. The van der Waals surface area contributed by atoms with Gasteiger partial charge < -0.3 is 4.42 Å². The van der Waals surface area contributed by atoms with E-state index < -0.39 is 35.3 Å². The molecule has 0 fully saturated rings. The number of aromatic nitrogens is 4. The van der Waals surface area contributed by atoms with E-state index in [-0.39, 0.29) is 16.7 Å². The van der Waals surface area contributed by atoms with Crippen molar-refractivity contribution in [2.24, 2.45) is 0 Å². The van der Waals surface area contributed by atoms with Crippen LogP contribution in [0.1, 0.15) is 5.89 Å². The van der Waals surface area contributed by atoms with E-state index in [0.717, 1.165) is 6.20 Å². The molecule has 0 bridgehead atoms. The fourth-order valence-electron chi connectivity index (χ4n) is 2.66. The van der Waals surface area contributed by atoms with Gasteiger partial charge in [-0.1, -0.05) is 29.8 Å². The van der Waals surface area contributed by atoms with E-state index in [1.54, 1.807) is 30.3 Å². The summed E-state index contributed by atoms with van der Waals surface area (Å²) < 4.78 is 56.9. The zero-order valence-electron chi connectivity index (χ0n) is 15.1. The summed E-state index contributed by atoms with van der Waals surface area (Å²) in [6, 6.07) is 14.0. The Balaban J connectivity index is 1.65. The number of sulfone groups is 2. The highest BCUT2D eigenvalue weighted by Crippen LogP contribution is 2.28. The first-order valence-corrected chi connectivity index (χ1v) is 11.9. The highest BCUT2D eigenvalue weighted by molar-refractivity contribution is 7.94. The molecule has 0 aliphatic carbocycles. The highest BCUT2D eigenvalue weighted by atomic mass is 35.5. The van der Waals surface area contributed by atoms with E-state index in [9.17, 15) is 16.8 Å². The van der Waals surface area contributed by atoms with Crippen LogP contribution in [0.15, 0.2) is 80.0 Å². The summed E-state index contributed by atoms with van der Waals surface area (Å²) in [6.07, 6.45) is 0.946. The highest BCUT2D eigenvalue weighted by Gasteiger charge is 2.31. The summed E-state index contributed by atoms with van der Waals surface area (Å²) in [5.41, 5.74) is 0.561. The molecule has 0 saturated carbocycles. The molecule has 0 amide bonds. The van der Waals surface area contributed by atoms with Crippen LogP contribution < -0.4 is 0 Å². The molecule has 0 unspecified atom stereocenters. The van der Waals surface area contributed by atoms with E-state index in [4.69, 9.17) is 16.0 Å². The van der Waals surface area contributed by atoms with Crippen LogP contribution in [-0.2, 0) is 25.4 Å². The first kappa shape index (κ1) is 20.3. The Morgan fingerprint density at radius 2 is 1.63 bits per heavy atom. The zero-order chi connectivity index (χ0) is 21.4. The SMILES string of the molecule is O=S(=O)(Cc1nnc(-c2ccc(Cl)cc2)o1)c1cn[nH]c1S(=O)(=O)c1ccccc1. The number of halogens is 1. The lowest BCUT2D eigenvalue weighted by molar-refractivity contribution is 0.517. The third kappa shape index (κ3) is 3.86. The Morgan fingerprint density at radius 1 is 0.933 bits per heavy atom. The van der Waals surface area contributed by atoms with Crippen LogP contribution in [0.2, 0.25) is 5.02 Å². The Labute approximate surface area is 176 Å². The average molecular weight is 465 g/mol. The number of nitrogens with zero attached hydrogens (tertiary/aromatic N) is 3. The summed E-state index contributed by atoms with van der Waals surface area (Å²) in [7, 11) is -8.28. The van der Waals surface area contributed by atoms with Gasteiger partial charge in [0.1, 0.15) is 10.6 Å². The van der Waals surface area contributed by atoms with Crippen molar-refractivity contribution in [2.45, 2.75) is 20.6 Å². The van der Waals surface area contributed by atoms with Crippen molar-refractivity contribution in [3.63, 3.8) is 0 Å². The number of rotatable bonds is 6. The standard InChI is InChI=1S/C18H13ClN4O5S2/c19-13-8-6-12(7-9-13)17-22-21-16(28-17)11-29(24,25)15-10-20-23-18(15)30(26,27)14-4-2-1-3-5-14/h1-10H,11H2,(H,20,23). The predicted octanol–water partition coefficient (Wildman–Crippen LogP) is 2.92. The lowest BCUT2D eigenvalue weighted by Gasteiger charge is -2.05. The fourth-order valence-corrected chi connectivity index (χ4v) is 5.87. The number of nitrogens with one attached hydrogen (secondary N) is 1. The number of hydrogen-bond donors (Lipinski definition) is 1. The predicted molar refractivity (Wildman–Crippen MR) is 106 cm³/mol. The average Bonchev–Trinajstić information content (AvgIpc) is 3.39. The van der Waals surface area contributed by atoms with Crippen LogP contribution in [0.5, 0.6) is 0 Å². The van der Waals surface area contributed by atoms with Gasteiger partial charge in [0.15, 0.2) is 14.9 Å². The molecule has 0 aliphatic heterocycles. The molecule has 0 radical (unpaired) electrons. The van der Waals surface area contributed by atoms with Crippen LogP contribution in [0.3, 0.4) is 0 Å². The summed E-state index contributed by atoms with van der Waals surface area (Å²) in [4.78, 5) is -0.536. The maximum atomic E-state index is 12.9. The third-order valence-electron chi connectivity index (χ3n) is 4.10. The largest absolute Gasteiger partial charge is 0.420 e. The van der Waals surface area contributed by atoms with Crippen molar-refractivity contribution < 1.29 is 21.3 Å². The first-order chi connectivity index (χ1) is 14.3. The minimum absolute atomic E-state index is 0.0616. The molecule has 9 nitrogen and oxygen atoms in total. The minimum Gasteiger partial charge on any atom is -0.420 e. The molecule has 30 heavy (non-hydrogen) atoms. The van der Waals surface area contributed by atoms with Crippen LogP contribution in [-0.4, -0.2) is 37.2 Å². The Bertz CT molecular complexity index is 1400. The summed E-state index contributed by atoms with van der Waals surface area (Å²) in [6.45, 7) is 0. The molecule has 2 heterocycles. The lowest BCUT2D eigenvalue weighted by atomic mass is 10.2. The van der Waals surface area contributed by atoms with Crippen molar-refractivity contribution in [1.82, 2.24) is 20.4 Å². The monoisotopic (exact) mass is 464 g/mol. The molecular formula is C18H13ClN4O5S2. The maximum absolute atomic E-state index is 12.9. The van der Waals surface area contributed by atoms with Gasteiger partial charge in [0.05, 0.1) is 11.1 Å². The molecular weight excluding hydrogens is 452 g/mol. The van der Waals surface area contributed by atoms with Crippen LogP contribution in [0, 0.1) is 0 Å². The number of H-pyrrole nitrogens is 1.